The topological polar surface area (TPSA) is 108 Å². The summed E-state index contributed by atoms with van der Waals surface area (Å²) in [5, 5.41) is 3.41. The summed E-state index contributed by atoms with van der Waals surface area (Å²) in [6.07, 6.45) is 5.20. The fourth-order valence-electron chi connectivity index (χ4n) is 5.16. The Bertz CT molecular complexity index is 1670. The molecular formula is C34H37ClFN5O6. The van der Waals surface area contributed by atoms with Crippen LogP contribution in [-0.2, 0) is 0 Å². The van der Waals surface area contributed by atoms with Crippen LogP contribution in [-0.4, -0.2) is 68.5 Å². The second kappa shape index (κ2) is 16.1. The largest absolute Gasteiger partial charge is 0.497 e. The van der Waals surface area contributed by atoms with Gasteiger partial charge in [-0.15, -0.1) is 0 Å². The number of piperidine rings is 1. The van der Waals surface area contributed by atoms with Crippen molar-refractivity contribution in [3.63, 3.8) is 0 Å². The first-order chi connectivity index (χ1) is 22.9. The van der Waals surface area contributed by atoms with Gasteiger partial charge in [-0.1, -0.05) is 18.0 Å². The number of ether oxygens (including phenoxy) is 5. The number of likely N-dealkylation sites (tertiary alicyclic amines) is 1. The molecule has 248 valence electrons. The lowest BCUT2D eigenvalue weighted by molar-refractivity contribution is 0.203. The monoisotopic (exact) mass is 665 g/mol. The minimum Gasteiger partial charge on any atom is -0.497 e. The second-order valence-electron chi connectivity index (χ2n) is 10.6. The van der Waals surface area contributed by atoms with E-state index in [0.717, 1.165) is 26.1 Å². The molecule has 0 atom stereocenters. The molecule has 1 N–H and O–H groups in total. The zero-order chi connectivity index (χ0) is 33.2. The Balaban J connectivity index is 1.35. The standard InChI is InChI=1S/C34H37ClFN5O6/c1-43-25-10-11-27(30(22-25)44-2)41(34(42)47-29-12-8-23(35)20-31(29)45-3)32-14-15-37-33(39-32)38-24-9-13-28(26(36)21-24)46-19-7-18-40-16-5-4-6-17-40/h8-15,20-22H,4-7,16-19H2,1-3H3,(H,37,38,39). The number of methoxy groups -OCH3 is 3. The highest BCUT2D eigenvalue weighted by molar-refractivity contribution is 6.30. The highest BCUT2D eigenvalue weighted by atomic mass is 35.5. The number of nitrogens with one attached hydrogen (secondary N) is 1. The Morgan fingerprint density at radius 3 is 2.45 bits per heavy atom. The quantitative estimate of drug-likeness (QED) is 0.143. The number of amides is 1. The van der Waals surface area contributed by atoms with Gasteiger partial charge in [0.15, 0.2) is 23.1 Å². The van der Waals surface area contributed by atoms with E-state index in [9.17, 15) is 9.18 Å². The van der Waals surface area contributed by atoms with E-state index in [1.165, 1.54) is 76.0 Å². The summed E-state index contributed by atoms with van der Waals surface area (Å²) < 4.78 is 42.7. The van der Waals surface area contributed by atoms with Crippen molar-refractivity contribution in [2.45, 2.75) is 25.7 Å². The molecule has 0 saturated carbocycles. The number of anilines is 4. The molecule has 1 amide bonds. The summed E-state index contributed by atoms with van der Waals surface area (Å²) in [5.74, 6) is 1.11. The number of aromatic nitrogens is 2. The SMILES string of the molecule is COc1ccc(N(C(=O)Oc2ccc(Cl)cc2OC)c2ccnc(Nc3ccc(OCCCN4CCCCC4)c(F)c3)n2)c(OC)c1. The summed E-state index contributed by atoms with van der Waals surface area (Å²) in [6, 6.07) is 15.6. The Kier molecular flexibility index (Phi) is 11.5. The molecule has 0 unspecified atom stereocenters. The van der Waals surface area contributed by atoms with Gasteiger partial charge in [-0.2, -0.15) is 4.98 Å². The van der Waals surface area contributed by atoms with Gasteiger partial charge in [-0.3, -0.25) is 0 Å². The molecule has 0 spiro atoms. The summed E-state index contributed by atoms with van der Waals surface area (Å²) in [4.78, 5) is 26.3. The van der Waals surface area contributed by atoms with Gasteiger partial charge < -0.3 is 33.9 Å². The molecule has 0 aliphatic carbocycles. The Morgan fingerprint density at radius 2 is 1.70 bits per heavy atom. The maximum atomic E-state index is 15.0. The fourth-order valence-corrected chi connectivity index (χ4v) is 5.32. The van der Waals surface area contributed by atoms with E-state index in [4.69, 9.17) is 35.3 Å². The van der Waals surface area contributed by atoms with Gasteiger partial charge in [0, 0.05) is 47.7 Å². The summed E-state index contributed by atoms with van der Waals surface area (Å²) >= 11 is 6.10. The molecule has 1 saturated heterocycles. The molecule has 1 fully saturated rings. The van der Waals surface area contributed by atoms with E-state index in [-0.39, 0.29) is 29.0 Å². The van der Waals surface area contributed by atoms with Crippen molar-refractivity contribution >= 4 is 40.8 Å². The molecule has 0 bridgehead atoms. The molecule has 1 aromatic heterocycles. The van der Waals surface area contributed by atoms with Crippen LogP contribution in [0.25, 0.3) is 0 Å². The van der Waals surface area contributed by atoms with Crippen molar-refractivity contribution in [1.29, 1.82) is 0 Å². The van der Waals surface area contributed by atoms with E-state index < -0.39 is 11.9 Å². The molecule has 1 aliphatic heterocycles. The molecule has 0 radical (unpaired) electrons. The minimum atomic E-state index is -0.827. The van der Waals surface area contributed by atoms with Gasteiger partial charge in [0.2, 0.25) is 5.95 Å². The maximum absolute atomic E-state index is 15.0. The lowest BCUT2D eigenvalue weighted by atomic mass is 10.1. The van der Waals surface area contributed by atoms with Crippen LogP contribution in [0.4, 0.5) is 32.3 Å². The van der Waals surface area contributed by atoms with E-state index >= 15 is 0 Å². The highest BCUT2D eigenvalue weighted by Crippen LogP contribution is 2.38. The molecule has 2 heterocycles. The van der Waals surface area contributed by atoms with Crippen molar-refractivity contribution in [2.24, 2.45) is 0 Å². The summed E-state index contributed by atoms with van der Waals surface area (Å²) in [7, 11) is 4.43. The van der Waals surface area contributed by atoms with Crippen molar-refractivity contribution in [3.8, 4) is 28.7 Å². The molecule has 5 rings (SSSR count). The number of hydrogen-bond acceptors (Lipinski definition) is 10. The Labute approximate surface area is 278 Å². The first kappa shape index (κ1) is 33.6. The normalized spacial score (nSPS) is 13.0. The number of nitrogens with zero attached hydrogens (tertiary/aromatic N) is 4. The maximum Gasteiger partial charge on any atom is 0.425 e. The van der Waals surface area contributed by atoms with Crippen LogP contribution < -0.4 is 33.9 Å². The van der Waals surface area contributed by atoms with Crippen LogP contribution in [0.1, 0.15) is 25.7 Å². The van der Waals surface area contributed by atoms with Gasteiger partial charge in [-0.25, -0.2) is 19.1 Å². The van der Waals surface area contributed by atoms with Crippen LogP contribution >= 0.6 is 11.6 Å². The molecule has 4 aromatic rings. The summed E-state index contributed by atoms with van der Waals surface area (Å²) in [5.41, 5.74) is 0.700. The number of rotatable bonds is 13. The number of carbonyl (C=O) groups excluding carboxylic acids is 1. The molecule has 1 aliphatic rings. The van der Waals surface area contributed by atoms with E-state index in [1.54, 1.807) is 36.4 Å². The fraction of sp³-hybridized carbons (Fsp3) is 0.324. The zero-order valence-electron chi connectivity index (χ0n) is 26.5. The van der Waals surface area contributed by atoms with Crippen LogP contribution in [0.5, 0.6) is 28.7 Å². The third-order valence-corrected chi connectivity index (χ3v) is 7.75. The number of carbonyl (C=O) groups is 1. The third-order valence-electron chi connectivity index (χ3n) is 7.52. The average Bonchev–Trinajstić information content (AvgIpc) is 3.09. The van der Waals surface area contributed by atoms with E-state index in [0.29, 0.717) is 34.5 Å². The second-order valence-corrected chi connectivity index (χ2v) is 11.1. The van der Waals surface area contributed by atoms with Gasteiger partial charge in [0.25, 0.3) is 0 Å². The van der Waals surface area contributed by atoms with Gasteiger partial charge in [0.05, 0.1) is 33.6 Å². The van der Waals surface area contributed by atoms with E-state index in [1.807, 2.05) is 0 Å². The minimum absolute atomic E-state index is 0.103. The zero-order valence-corrected chi connectivity index (χ0v) is 27.3. The van der Waals surface area contributed by atoms with Gasteiger partial charge in [-0.05, 0) is 68.8 Å². The first-order valence-corrected chi connectivity index (χ1v) is 15.6. The Morgan fingerprint density at radius 1 is 0.915 bits per heavy atom. The smallest absolute Gasteiger partial charge is 0.425 e. The van der Waals surface area contributed by atoms with Crippen molar-refractivity contribution < 1.29 is 32.9 Å². The number of halogens is 2. The van der Waals surface area contributed by atoms with E-state index in [2.05, 4.69) is 20.2 Å². The first-order valence-electron chi connectivity index (χ1n) is 15.2. The predicted molar refractivity (Wildman–Crippen MR) is 178 cm³/mol. The van der Waals surface area contributed by atoms with Crippen molar-refractivity contribution in [3.05, 3.63) is 77.7 Å². The molecule has 3 aromatic carbocycles. The van der Waals surface area contributed by atoms with Crippen LogP contribution in [0.3, 0.4) is 0 Å². The number of hydrogen-bond donors (Lipinski definition) is 1. The summed E-state index contributed by atoms with van der Waals surface area (Å²) in [6.45, 7) is 3.59. The Hall–Kier alpha value is -4.81. The van der Waals surface area contributed by atoms with Gasteiger partial charge in [0.1, 0.15) is 17.3 Å². The van der Waals surface area contributed by atoms with Gasteiger partial charge >= 0.3 is 6.09 Å². The molecule has 11 nitrogen and oxygen atoms in total. The predicted octanol–water partition coefficient (Wildman–Crippen LogP) is 7.63. The average molecular weight is 666 g/mol. The molecule has 13 heteroatoms. The highest BCUT2D eigenvalue weighted by Gasteiger charge is 2.27. The third kappa shape index (κ3) is 8.72. The van der Waals surface area contributed by atoms with Crippen LogP contribution in [0.15, 0.2) is 66.9 Å². The molecular weight excluding hydrogens is 629 g/mol. The van der Waals surface area contributed by atoms with Crippen LogP contribution in [0.2, 0.25) is 5.02 Å². The van der Waals surface area contributed by atoms with Crippen molar-refractivity contribution in [2.75, 3.05) is 57.8 Å². The van der Waals surface area contributed by atoms with Crippen LogP contribution in [0, 0.1) is 5.82 Å². The lowest BCUT2D eigenvalue weighted by Gasteiger charge is -2.26. The molecule has 47 heavy (non-hydrogen) atoms. The lowest BCUT2D eigenvalue weighted by Crippen LogP contribution is -2.31. The van der Waals surface area contributed by atoms with Crippen molar-refractivity contribution in [1.82, 2.24) is 14.9 Å². The number of benzene rings is 3.